The average Bonchev–Trinajstić information content (AvgIpc) is 2.65. The molecule has 28 heavy (non-hydrogen) atoms. The molecule has 0 aliphatic carbocycles. The smallest absolute Gasteiger partial charge is 0.308 e. The third-order valence-electron chi connectivity index (χ3n) is 4.57. The van der Waals surface area contributed by atoms with Crippen molar-refractivity contribution in [3.63, 3.8) is 0 Å². The van der Waals surface area contributed by atoms with E-state index in [-0.39, 0.29) is 24.3 Å². The largest absolute Gasteiger partial charge is 0.496 e. The van der Waals surface area contributed by atoms with Gasteiger partial charge in [-0.1, -0.05) is 23.8 Å². The summed E-state index contributed by atoms with van der Waals surface area (Å²) in [5.74, 6) is 1.36. The minimum Gasteiger partial charge on any atom is -0.496 e. The first-order chi connectivity index (χ1) is 13.4. The van der Waals surface area contributed by atoms with E-state index in [0.29, 0.717) is 29.2 Å². The van der Waals surface area contributed by atoms with Crippen molar-refractivity contribution in [2.24, 2.45) is 0 Å². The zero-order valence-corrected chi connectivity index (χ0v) is 16.6. The second-order valence-electron chi connectivity index (χ2n) is 7.04. The van der Waals surface area contributed by atoms with E-state index in [2.05, 4.69) is 6.08 Å². The number of ether oxygens (including phenoxy) is 3. The highest BCUT2D eigenvalue weighted by Gasteiger charge is 2.29. The summed E-state index contributed by atoms with van der Waals surface area (Å²) in [6.45, 7) is 5.43. The van der Waals surface area contributed by atoms with Crippen LogP contribution in [0.4, 0.5) is 0 Å². The van der Waals surface area contributed by atoms with E-state index in [9.17, 15) is 9.59 Å². The van der Waals surface area contributed by atoms with Crippen molar-refractivity contribution < 1.29 is 23.8 Å². The highest BCUT2D eigenvalue weighted by atomic mass is 16.5. The van der Waals surface area contributed by atoms with E-state index in [1.165, 1.54) is 12.5 Å². The Morgan fingerprint density at radius 1 is 1.18 bits per heavy atom. The van der Waals surface area contributed by atoms with Crippen LogP contribution in [0.3, 0.4) is 0 Å². The van der Waals surface area contributed by atoms with E-state index < -0.39 is 0 Å². The maximum Gasteiger partial charge on any atom is 0.308 e. The Labute approximate surface area is 164 Å². The molecule has 5 nitrogen and oxygen atoms in total. The van der Waals surface area contributed by atoms with Gasteiger partial charge in [-0.3, -0.25) is 9.59 Å². The van der Waals surface area contributed by atoms with E-state index in [1.54, 1.807) is 25.3 Å². The van der Waals surface area contributed by atoms with Crippen molar-refractivity contribution in [2.75, 3.05) is 7.11 Å². The molecule has 0 N–H and O–H groups in total. The predicted octanol–water partition coefficient (Wildman–Crippen LogP) is 4.84. The van der Waals surface area contributed by atoms with Crippen LogP contribution in [-0.4, -0.2) is 18.9 Å². The first kappa shape index (κ1) is 19.7. The first-order valence-corrected chi connectivity index (χ1v) is 9.20. The molecule has 0 amide bonds. The number of rotatable bonds is 5. The van der Waals surface area contributed by atoms with Crippen molar-refractivity contribution in [1.29, 1.82) is 0 Å². The van der Waals surface area contributed by atoms with Crippen molar-refractivity contribution in [3.05, 3.63) is 64.7 Å². The molecule has 0 aromatic heterocycles. The van der Waals surface area contributed by atoms with Gasteiger partial charge in [-0.25, -0.2) is 0 Å². The summed E-state index contributed by atoms with van der Waals surface area (Å²) in [6.07, 6.45) is 2.67. The monoisotopic (exact) mass is 380 g/mol. The minimum atomic E-state index is -0.389. The number of hydrogen-bond donors (Lipinski definition) is 0. The van der Waals surface area contributed by atoms with Crippen LogP contribution in [0, 0.1) is 0 Å². The molecule has 0 radical (unpaired) electrons. The molecular formula is C23H24O5. The summed E-state index contributed by atoms with van der Waals surface area (Å²) < 4.78 is 16.7. The van der Waals surface area contributed by atoms with Gasteiger partial charge in [0.2, 0.25) is 0 Å². The lowest BCUT2D eigenvalue weighted by molar-refractivity contribution is -0.131. The van der Waals surface area contributed by atoms with Gasteiger partial charge in [-0.15, -0.1) is 0 Å². The summed E-state index contributed by atoms with van der Waals surface area (Å²) in [5.41, 5.74) is 3.61. The standard InChI is InChI=1S/C23H24O5/c1-14(2)5-6-17-11-19-20(25)12-22(28-23(19)13-21(17)26-4)16-7-9-18(10-8-16)27-15(3)24/h5,7-11,13,22H,6,12H2,1-4H3/t22-/m0/s1. The molecule has 1 aliphatic rings. The van der Waals surface area contributed by atoms with Crippen LogP contribution in [0.25, 0.3) is 0 Å². The number of hydrogen-bond acceptors (Lipinski definition) is 5. The molecule has 0 fully saturated rings. The first-order valence-electron chi connectivity index (χ1n) is 9.20. The Morgan fingerprint density at radius 3 is 2.50 bits per heavy atom. The summed E-state index contributed by atoms with van der Waals surface area (Å²) >= 11 is 0. The molecule has 5 heteroatoms. The molecular weight excluding hydrogens is 356 g/mol. The molecule has 146 valence electrons. The Kier molecular flexibility index (Phi) is 5.83. The average molecular weight is 380 g/mol. The minimum absolute atomic E-state index is 0.0383. The highest BCUT2D eigenvalue weighted by molar-refractivity contribution is 6.00. The van der Waals surface area contributed by atoms with Gasteiger partial charge in [-0.05, 0) is 49.6 Å². The number of benzene rings is 2. The Balaban J connectivity index is 1.87. The topological polar surface area (TPSA) is 61.8 Å². The van der Waals surface area contributed by atoms with E-state index >= 15 is 0 Å². The van der Waals surface area contributed by atoms with Crippen LogP contribution >= 0.6 is 0 Å². The van der Waals surface area contributed by atoms with Gasteiger partial charge in [-0.2, -0.15) is 0 Å². The van der Waals surface area contributed by atoms with Crippen molar-refractivity contribution in [2.45, 2.75) is 39.7 Å². The molecule has 1 atom stereocenters. The zero-order valence-electron chi connectivity index (χ0n) is 16.6. The zero-order chi connectivity index (χ0) is 20.3. The summed E-state index contributed by atoms with van der Waals surface area (Å²) in [5, 5.41) is 0. The molecule has 0 bridgehead atoms. The van der Waals surface area contributed by atoms with Gasteiger partial charge in [0.25, 0.3) is 0 Å². The van der Waals surface area contributed by atoms with Crippen LogP contribution in [0.5, 0.6) is 17.2 Å². The molecule has 0 saturated heterocycles. The lowest BCUT2D eigenvalue weighted by Gasteiger charge is -2.26. The van der Waals surface area contributed by atoms with E-state index in [1.807, 2.05) is 32.0 Å². The fourth-order valence-electron chi connectivity index (χ4n) is 3.16. The van der Waals surface area contributed by atoms with E-state index in [0.717, 1.165) is 11.1 Å². The second kappa shape index (κ2) is 8.30. The molecule has 0 spiro atoms. The van der Waals surface area contributed by atoms with Gasteiger partial charge in [0.1, 0.15) is 23.4 Å². The third kappa shape index (κ3) is 4.42. The Hall–Kier alpha value is -3.08. The molecule has 1 heterocycles. The summed E-state index contributed by atoms with van der Waals surface area (Å²) in [6, 6.07) is 10.7. The SMILES string of the molecule is COc1cc2c(cc1CC=C(C)C)C(=O)C[C@@H](c1ccc(OC(C)=O)cc1)O2. The van der Waals surface area contributed by atoms with Crippen LogP contribution in [-0.2, 0) is 11.2 Å². The lowest BCUT2D eigenvalue weighted by atomic mass is 9.94. The van der Waals surface area contributed by atoms with Crippen molar-refractivity contribution in [3.8, 4) is 17.2 Å². The van der Waals surface area contributed by atoms with Crippen molar-refractivity contribution >= 4 is 11.8 Å². The molecule has 1 aliphatic heterocycles. The molecule has 0 saturated carbocycles. The number of methoxy groups -OCH3 is 1. The molecule has 2 aromatic rings. The van der Waals surface area contributed by atoms with Gasteiger partial charge in [0.15, 0.2) is 5.78 Å². The maximum absolute atomic E-state index is 12.8. The number of ketones is 1. The summed E-state index contributed by atoms with van der Waals surface area (Å²) in [4.78, 5) is 23.8. The van der Waals surface area contributed by atoms with Crippen LogP contribution in [0.1, 0.15) is 54.8 Å². The predicted molar refractivity (Wildman–Crippen MR) is 106 cm³/mol. The maximum atomic E-state index is 12.8. The number of esters is 1. The van der Waals surface area contributed by atoms with Gasteiger partial charge < -0.3 is 14.2 Å². The number of carbonyl (C=O) groups excluding carboxylic acids is 2. The van der Waals surface area contributed by atoms with Crippen molar-refractivity contribution in [1.82, 2.24) is 0 Å². The molecule has 3 rings (SSSR count). The van der Waals surface area contributed by atoms with E-state index in [4.69, 9.17) is 14.2 Å². The second-order valence-corrected chi connectivity index (χ2v) is 7.04. The third-order valence-corrected chi connectivity index (χ3v) is 4.57. The fraction of sp³-hybridized carbons (Fsp3) is 0.304. The van der Waals surface area contributed by atoms with Gasteiger partial charge >= 0.3 is 5.97 Å². The number of Topliss-reactive ketones (excluding diaryl/α,β-unsaturated/α-hetero) is 1. The molecule has 0 unspecified atom stereocenters. The number of fused-ring (bicyclic) bond motifs is 1. The van der Waals surface area contributed by atoms with Gasteiger partial charge in [0, 0.05) is 13.0 Å². The van der Waals surface area contributed by atoms with Crippen LogP contribution in [0.15, 0.2) is 48.0 Å². The normalized spacial score (nSPS) is 15.3. The summed E-state index contributed by atoms with van der Waals surface area (Å²) in [7, 11) is 1.61. The molecule has 2 aromatic carbocycles. The quantitative estimate of drug-likeness (QED) is 0.422. The lowest BCUT2D eigenvalue weighted by Crippen LogP contribution is -2.20. The fourth-order valence-corrected chi connectivity index (χ4v) is 3.16. The Morgan fingerprint density at radius 2 is 1.89 bits per heavy atom. The van der Waals surface area contributed by atoms with Gasteiger partial charge in [0.05, 0.1) is 19.1 Å². The van der Waals surface area contributed by atoms with Crippen LogP contribution < -0.4 is 14.2 Å². The number of allylic oxidation sites excluding steroid dienone is 2. The highest BCUT2D eigenvalue weighted by Crippen LogP contribution is 2.39. The number of carbonyl (C=O) groups is 2. The van der Waals surface area contributed by atoms with Crippen LogP contribution in [0.2, 0.25) is 0 Å². The Bertz CT molecular complexity index is 921.